The summed E-state index contributed by atoms with van der Waals surface area (Å²) >= 11 is 11.9. The van der Waals surface area contributed by atoms with E-state index < -0.39 is 5.91 Å². The average molecular weight is 466 g/mol. The van der Waals surface area contributed by atoms with Crippen molar-refractivity contribution >= 4 is 52.5 Å². The van der Waals surface area contributed by atoms with E-state index in [2.05, 4.69) is 10.6 Å². The Morgan fingerprint density at radius 1 is 0.906 bits per heavy atom. The van der Waals surface area contributed by atoms with Crippen molar-refractivity contribution < 1.29 is 14.3 Å². The summed E-state index contributed by atoms with van der Waals surface area (Å²) in [6, 6.07) is 22.2. The lowest BCUT2D eigenvalue weighted by molar-refractivity contribution is -0.118. The first-order valence-electron chi connectivity index (χ1n) is 9.40. The summed E-state index contributed by atoms with van der Waals surface area (Å²) in [7, 11) is 0. The van der Waals surface area contributed by atoms with E-state index in [1.54, 1.807) is 36.4 Å². The molecule has 160 valence electrons. The summed E-state index contributed by atoms with van der Waals surface area (Å²) in [6.07, 6.45) is 1.38. The van der Waals surface area contributed by atoms with E-state index in [4.69, 9.17) is 27.9 Å². The number of hydrogen-bond acceptors (Lipinski definition) is 4. The molecule has 0 aliphatic carbocycles. The Labute approximate surface area is 195 Å². The molecular weight excluding hydrogens is 449 g/mol. The van der Waals surface area contributed by atoms with Crippen molar-refractivity contribution in [2.24, 2.45) is 0 Å². The summed E-state index contributed by atoms with van der Waals surface area (Å²) in [4.78, 5) is 24.7. The standard InChI is InChI=1S/C24H17Cl2N3O3/c25-18-11-19(26)13-21(12-18)29-24(31)17(14-27)10-16-6-4-5-9-22(16)32-15-23(30)28-20-7-2-1-3-8-20/h1-13H,15H2,(H,28,30)(H,29,31). The van der Waals surface area contributed by atoms with Gasteiger partial charge >= 0.3 is 0 Å². The van der Waals surface area contributed by atoms with Crippen LogP contribution in [0.1, 0.15) is 5.56 Å². The zero-order valence-electron chi connectivity index (χ0n) is 16.6. The molecule has 0 fully saturated rings. The molecule has 0 heterocycles. The summed E-state index contributed by atoms with van der Waals surface area (Å²) < 4.78 is 5.61. The molecule has 2 N–H and O–H groups in total. The second-order valence-corrected chi connectivity index (χ2v) is 7.40. The maximum Gasteiger partial charge on any atom is 0.266 e. The third-order valence-corrected chi connectivity index (χ3v) is 4.56. The number of halogens is 2. The molecule has 0 atom stereocenters. The first kappa shape index (κ1) is 22.9. The normalized spacial score (nSPS) is 10.7. The van der Waals surface area contributed by atoms with Crippen LogP contribution < -0.4 is 15.4 Å². The van der Waals surface area contributed by atoms with Crippen LogP contribution in [0.4, 0.5) is 11.4 Å². The molecule has 8 heteroatoms. The first-order chi connectivity index (χ1) is 15.4. The maximum atomic E-state index is 12.6. The van der Waals surface area contributed by atoms with Crippen LogP contribution in [0.2, 0.25) is 10.0 Å². The van der Waals surface area contributed by atoms with Crippen LogP contribution in [0, 0.1) is 11.3 Å². The number of nitrogens with zero attached hydrogens (tertiary/aromatic N) is 1. The molecule has 2 amide bonds. The SMILES string of the molecule is N#CC(=Cc1ccccc1OCC(=O)Nc1ccccc1)C(=O)Nc1cc(Cl)cc(Cl)c1. The van der Waals surface area contributed by atoms with Gasteiger partial charge in [-0.05, 0) is 42.5 Å². The number of nitriles is 1. The molecule has 0 radical (unpaired) electrons. The fourth-order valence-electron chi connectivity index (χ4n) is 2.72. The van der Waals surface area contributed by atoms with E-state index in [0.29, 0.717) is 32.7 Å². The van der Waals surface area contributed by atoms with Crippen LogP contribution in [-0.4, -0.2) is 18.4 Å². The highest BCUT2D eigenvalue weighted by Gasteiger charge is 2.13. The Bertz CT molecular complexity index is 1180. The van der Waals surface area contributed by atoms with Gasteiger partial charge < -0.3 is 15.4 Å². The number of amides is 2. The molecule has 3 aromatic carbocycles. The van der Waals surface area contributed by atoms with E-state index in [0.717, 1.165) is 0 Å². The average Bonchev–Trinajstić information content (AvgIpc) is 2.76. The van der Waals surface area contributed by atoms with Crippen molar-refractivity contribution in [3.05, 3.63) is 94.0 Å². The van der Waals surface area contributed by atoms with E-state index in [9.17, 15) is 14.9 Å². The summed E-state index contributed by atoms with van der Waals surface area (Å²) in [6.45, 7) is -0.241. The van der Waals surface area contributed by atoms with Gasteiger partial charge in [-0.15, -0.1) is 0 Å². The monoisotopic (exact) mass is 465 g/mol. The van der Waals surface area contributed by atoms with Crippen molar-refractivity contribution in [3.8, 4) is 11.8 Å². The second kappa shape index (κ2) is 11.0. The molecule has 0 spiro atoms. The smallest absolute Gasteiger partial charge is 0.266 e. The van der Waals surface area contributed by atoms with Crippen LogP contribution in [0.15, 0.2) is 78.4 Å². The minimum Gasteiger partial charge on any atom is -0.483 e. The van der Waals surface area contributed by atoms with E-state index in [1.165, 1.54) is 24.3 Å². The zero-order chi connectivity index (χ0) is 22.9. The van der Waals surface area contributed by atoms with Crippen LogP contribution in [-0.2, 0) is 9.59 Å². The molecular formula is C24H17Cl2N3O3. The fourth-order valence-corrected chi connectivity index (χ4v) is 3.25. The lowest BCUT2D eigenvalue weighted by Crippen LogP contribution is -2.20. The molecule has 0 bridgehead atoms. The number of carbonyl (C=O) groups excluding carboxylic acids is 2. The van der Waals surface area contributed by atoms with E-state index >= 15 is 0 Å². The van der Waals surface area contributed by atoms with E-state index in [1.807, 2.05) is 24.3 Å². The van der Waals surface area contributed by atoms with Crippen LogP contribution in [0.25, 0.3) is 6.08 Å². The minimum atomic E-state index is -0.637. The highest BCUT2D eigenvalue weighted by atomic mass is 35.5. The van der Waals surface area contributed by atoms with Crippen molar-refractivity contribution in [3.63, 3.8) is 0 Å². The molecule has 0 aliphatic heterocycles. The van der Waals surface area contributed by atoms with Gasteiger partial charge in [-0.25, -0.2) is 0 Å². The predicted molar refractivity (Wildman–Crippen MR) is 126 cm³/mol. The number of benzene rings is 3. The van der Waals surface area contributed by atoms with Gasteiger partial charge in [-0.2, -0.15) is 5.26 Å². The van der Waals surface area contributed by atoms with Crippen LogP contribution in [0.5, 0.6) is 5.75 Å². The van der Waals surface area contributed by atoms with Crippen LogP contribution in [0.3, 0.4) is 0 Å². The Morgan fingerprint density at radius 2 is 1.56 bits per heavy atom. The van der Waals surface area contributed by atoms with Gasteiger partial charge in [0.05, 0.1) is 0 Å². The third kappa shape index (κ3) is 6.61. The molecule has 0 unspecified atom stereocenters. The minimum absolute atomic E-state index is 0.161. The largest absolute Gasteiger partial charge is 0.483 e. The number of hydrogen-bond donors (Lipinski definition) is 2. The molecule has 0 saturated carbocycles. The number of rotatable bonds is 7. The molecule has 3 rings (SSSR count). The summed E-state index contributed by atoms with van der Waals surface area (Å²) in [5, 5.41) is 15.5. The number of nitrogens with one attached hydrogen (secondary N) is 2. The predicted octanol–water partition coefficient (Wildman–Crippen LogP) is 5.56. The van der Waals surface area contributed by atoms with Gasteiger partial charge in [0.2, 0.25) is 0 Å². The lowest BCUT2D eigenvalue weighted by Gasteiger charge is -2.10. The second-order valence-electron chi connectivity index (χ2n) is 6.52. The number of para-hydroxylation sites is 2. The number of ether oxygens (including phenoxy) is 1. The molecule has 3 aromatic rings. The van der Waals surface area contributed by atoms with Gasteiger partial charge in [0.25, 0.3) is 11.8 Å². The molecule has 6 nitrogen and oxygen atoms in total. The number of anilines is 2. The quantitative estimate of drug-likeness (QED) is 0.353. The highest BCUT2D eigenvalue weighted by Crippen LogP contribution is 2.24. The molecule has 32 heavy (non-hydrogen) atoms. The van der Waals surface area contributed by atoms with Gasteiger partial charge in [0, 0.05) is 27.0 Å². The first-order valence-corrected chi connectivity index (χ1v) is 10.2. The fraction of sp³-hybridized carbons (Fsp3) is 0.0417. The van der Waals surface area contributed by atoms with E-state index in [-0.39, 0.29) is 18.1 Å². The Hall–Kier alpha value is -3.79. The van der Waals surface area contributed by atoms with Crippen molar-refractivity contribution in [2.45, 2.75) is 0 Å². The third-order valence-electron chi connectivity index (χ3n) is 4.12. The Balaban J connectivity index is 1.71. The zero-order valence-corrected chi connectivity index (χ0v) is 18.2. The highest BCUT2D eigenvalue weighted by molar-refractivity contribution is 6.35. The summed E-state index contributed by atoms with van der Waals surface area (Å²) in [5.41, 5.74) is 1.32. The van der Waals surface area contributed by atoms with Gasteiger partial charge in [-0.3, -0.25) is 9.59 Å². The Morgan fingerprint density at radius 3 is 2.25 bits per heavy atom. The lowest BCUT2D eigenvalue weighted by atomic mass is 10.1. The number of carbonyl (C=O) groups is 2. The maximum absolute atomic E-state index is 12.6. The van der Waals surface area contributed by atoms with Crippen LogP contribution >= 0.6 is 23.2 Å². The van der Waals surface area contributed by atoms with Crippen molar-refractivity contribution in [1.82, 2.24) is 0 Å². The van der Waals surface area contributed by atoms with Crippen molar-refractivity contribution in [1.29, 1.82) is 5.26 Å². The molecule has 0 aliphatic rings. The molecule has 0 saturated heterocycles. The topological polar surface area (TPSA) is 91.2 Å². The van der Waals surface area contributed by atoms with Gasteiger partial charge in [-0.1, -0.05) is 59.6 Å². The van der Waals surface area contributed by atoms with Gasteiger partial charge in [0.1, 0.15) is 17.4 Å². The van der Waals surface area contributed by atoms with Gasteiger partial charge in [0.15, 0.2) is 6.61 Å². The summed E-state index contributed by atoms with van der Waals surface area (Å²) in [5.74, 6) is -0.629. The van der Waals surface area contributed by atoms with Crippen molar-refractivity contribution in [2.75, 3.05) is 17.2 Å². The Kier molecular flexibility index (Phi) is 7.87. The molecule has 0 aromatic heterocycles.